The number of fused-ring (bicyclic) bond motifs is 2. The van der Waals surface area contributed by atoms with Gasteiger partial charge in [-0.15, -0.1) is 11.3 Å². The molecular weight excluding hydrogens is 384 g/mol. The van der Waals surface area contributed by atoms with Crippen molar-refractivity contribution in [2.45, 2.75) is 31.8 Å². The quantitative estimate of drug-likeness (QED) is 0.615. The van der Waals surface area contributed by atoms with Crippen LogP contribution in [0.25, 0.3) is 10.6 Å². The van der Waals surface area contributed by atoms with Gasteiger partial charge in [0.25, 0.3) is 0 Å². The van der Waals surface area contributed by atoms with Crippen molar-refractivity contribution in [1.82, 2.24) is 15.0 Å². The molecule has 0 aliphatic carbocycles. The van der Waals surface area contributed by atoms with Gasteiger partial charge in [-0.2, -0.15) is 0 Å². The van der Waals surface area contributed by atoms with Crippen LogP contribution in [0.15, 0.2) is 43.0 Å². The molecular formula is C22H22N4O2S. The molecule has 0 bridgehead atoms. The zero-order valence-corrected chi connectivity index (χ0v) is 17.1. The minimum absolute atomic E-state index is 0.0427. The van der Waals surface area contributed by atoms with Crippen LogP contribution >= 0.6 is 11.3 Å². The Kier molecular flexibility index (Phi) is 4.64. The number of aromatic nitrogens is 3. The van der Waals surface area contributed by atoms with Crippen molar-refractivity contribution in [1.29, 1.82) is 0 Å². The highest BCUT2D eigenvalue weighted by Crippen LogP contribution is 2.46. The van der Waals surface area contributed by atoms with Gasteiger partial charge in [-0.05, 0) is 43.5 Å². The number of carbonyl (C=O) groups excluding carboxylic acids is 1. The summed E-state index contributed by atoms with van der Waals surface area (Å²) >= 11 is 1.82. The van der Waals surface area contributed by atoms with Crippen LogP contribution in [0.3, 0.4) is 0 Å². The van der Waals surface area contributed by atoms with Crippen molar-refractivity contribution in [3.8, 4) is 10.6 Å². The highest BCUT2D eigenvalue weighted by molar-refractivity contribution is 7.15. The van der Waals surface area contributed by atoms with E-state index in [9.17, 15) is 4.79 Å². The molecule has 0 N–H and O–H groups in total. The topological polar surface area (TPSA) is 68.2 Å². The second-order valence-corrected chi connectivity index (χ2v) is 8.72. The van der Waals surface area contributed by atoms with E-state index in [0.29, 0.717) is 5.56 Å². The average Bonchev–Trinajstić information content (AvgIpc) is 3.21. The summed E-state index contributed by atoms with van der Waals surface area (Å²) in [5, 5.41) is 0. The number of carbonyl (C=O) groups is 1. The highest BCUT2D eigenvalue weighted by atomic mass is 32.1. The van der Waals surface area contributed by atoms with Gasteiger partial charge in [-0.25, -0.2) is 4.98 Å². The van der Waals surface area contributed by atoms with Gasteiger partial charge in [0.05, 0.1) is 29.0 Å². The molecule has 2 aliphatic rings. The Bertz CT molecular complexity index is 1020. The summed E-state index contributed by atoms with van der Waals surface area (Å²) in [5.41, 5.74) is 2.68. The van der Waals surface area contributed by atoms with Crippen LogP contribution in [0, 0.1) is 0 Å². The standard InChI is InChI=1S/C22H22N4O2S/c1-15(27)16-2-3-21(25-13-16)26-9-5-22(6-10-26)17-12-20(18-14-23-7-8-24-18)29-19(17)4-11-28-22/h2-3,7-8,12-14H,4-6,9-11H2,1H3. The molecule has 5 rings (SSSR count). The maximum atomic E-state index is 11.5. The number of rotatable bonds is 3. The van der Waals surface area contributed by atoms with E-state index < -0.39 is 0 Å². The molecule has 6 nitrogen and oxygen atoms in total. The van der Waals surface area contributed by atoms with E-state index in [1.807, 2.05) is 29.7 Å². The van der Waals surface area contributed by atoms with Gasteiger partial charge in [0.15, 0.2) is 5.78 Å². The fourth-order valence-corrected chi connectivity index (χ4v) is 5.45. The van der Waals surface area contributed by atoms with E-state index in [2.05, 4.69) is 25.9 Å². The highest BCUT2D eigenvalue weighted by Gasteiger charge is 2.42. The molecule has 0 radical (unpaired) electrons. The number of anilines is 1. The lowest BCUT2D eigenvalue weighted by Gasteiger charge is -2.44. The van der Waals surface area contributed by atoms with E-state index in [4.69, 9.17) is 4.74 Å². The van der Waals surface area contributed by atoms with Gasteiger partial charge < -0.3 is 9.64 Å². The van der Waals surface area contributed by atoms with Crippen LogP contribution in [-0.2, 0) is 16.8 Å². The van der Waals surface area contributed by atoms with Gasteiger partial charge in [0.2, 0.25) is 0 Å². The number of hydrogen-bond acceptors (Lipinski definition) is 7. The van der Waals surface area contributed by atoms with E-state index in [1.165, 1.54) is 10.4 Å². The first-order chi connectivity index (χ1) is 14.1. The first-order valence-electron chi connectivity index (χ1n) is 9.90. The fraction of sp³-hybridized carbons (Fsp3) is 0.364. The fourth-order valence-electron chi connectivity index (χ4n) is 4.26. The van der Waals surface area contributed by atoms with Crippen molar-refractivity contribution >= 4 is 22.9 Å². The predicted molar refractivity (Wildman–Crippen MR) is 112 cm³/mol. The van der Waals surface area contributed by atoms with Crippen LogP contribution in [0.2, 0.25) is 0 Å². The van der Waals surface area contributed by atoms with Gasteiger partial charge in [0.1, 0.15) is 5.82 Å². The summed E-state index contributed by atoms with van der Waals surface area (Å²) in [6, 6.07) is 6.06. The predicted octanol–water partition coefficient (Wildman–Crippen LogP) is 3.87. The lowest BCUT2D eigenvalue weighted by molar-refractivity contribution is -0.0757. The smallest absolute Gasteiger partial charge is 0.161 e. The summed E-state index contributed by atoms with van der Waals surface area (Å²) in [4.78, 5) is 29.5. The number of ether oxygens (including phenoxy) is 1. The van der Waals surface area contributed by atoms with E-state index in [1.54, 1.807) is 25.5 Å². The summed E-state index contributed by atoms with van der Waals surface area (Å²) < 4.78 is 6.40. The molecule has 3 aromatic rings. The lowest BCUT2D eigenvalue weighted by atomic mass is 9.82. The van der Waals surface area contributed by atoms with E-state index >= 15 is 0 Å². The average molecular weight is 407 g/mol. The first-order valence-corrected chi connectivity index (χ1v) is 10.7. The monoisotopic (exact) mass is 406 g/mol. The van der Waals surface area contributed by atoms with Gasteiger partial charge in [-0.1, -0.05) is 0 Å². The molecule has 0 atom stereocenters. The molecule has 0 saturated carbocycles. The van der Waals surface area contributed by atoms with Crippen molar-refractivity contribution in [3.63, 3.8) is 0 Å². The second-order valence-electron chi connectivity index (χ2n) is 7.58. The lowest BCUT2D eigenvalue weighted by Crippen LogP contribution is -2.46. The number of nitrogens with zero attached hydrogens (tertiary/aromatic N) is 4. The summed E-state index contributed by atoms with van der Waals surface area (Å²) in [7, 11) is 0. The van der Waals surface area contributed by atoms with Crippen LogP contribution in [0.5, 0.6) is 0 Å². The van der Waals surface area contributed by atoms with Crippen molar-refractivity contribution in [3.05, 3.63) is 59.0 Å². The maximum absolute atomic E-state index is 11.5. The summed E-state index contributed by atoms with van der Waals surface area (Å²) in [5.74, 6) is 0.965. The Morgan fingerprint density at radius 2 is 2.03 bits per heavy atom. The Morgan fingerprint density at radius 3 is 2.72 bits per heavy atom. The van der Waals surface area contributed by atoms with Gasteiger partial charge >= 0.3 is 0 Å². The third-order valence-corrected chi connectivity index (χ3v) is 7.09. The van der Waals surface area contributed by atoms with Crippen molar-refractivity contribution < 1.29 is 9.53 Å². The molecule has 3 aromatic heterocycles. The molecule has 5 heterocycles. The van der Waals surface area contributed by atoms with Crippen LogP contribution < -0.4 is 4.90 Å². The molecule has 1 spiro atoms. The molecule has 1 fully saturated rings. The maximum Gasteiger partial charge on any atom is 0.161 e. The zero-order chi connectivity index (χ0) is 19.8. The van der Waals surface area contributed by atoms with Crippen LogP contribution in [-0.4, -0.2) is 40.4 Å². The second kappa shape index (κ2) is 7.31. The van der Waals surface area contributed by atoms with Crippen LogP contribution in [0.1, 0.15) is 40.6 Å². The Balaban J connectivity index is 1.37. The Hall–Kier alpha value is -2.64. The minimum Gasteiger partial charge on any atom is -0.370 e. The first kappa shape index (κ1) is 18.4. The zero-order valence-electron chi connectivity index (χ0n) is 16.3. The normalized spacial score (nSPS) is 17.9. The molecule has 1 saturated heterocycles. The summed E-state index contributed by atoms with van der Waals surface area (Å²) in [6.07, 6.45) is 9.74. The number of ketones is 1. The molecule has 148 valence electrons. The van der Waals surface area contributed by atoms with Crippen LogP contribution in [0.4, 0.5) is 5.82 Å². The molecule has 2 aliphatic heterocycles. The number of Topliss-reactive ketones (excluding diaryl/α,β-unsaturated/α-hetero) is 1. The molecule has 7 heteroatoms. The number of thiophene rings is 1. The molecule has 0 unspecified atom stereocenters. The van der Waals surface area contributed by atoms with Crippen molar-refractivity contribution in [2.75, 3.05) is 24.6 Å². The van der Waals surface area contributed by atoms with Gasteiger partial charge in [-0.3, -0.25) is 14.8 Å². The van der Waals surface area contributed by atoms with Crippen molar-refractivity contribution in [2.24, 2.45) is 0 Å². The van der Waals surface area contributed by atoms with E-state index in [0.717, 1.165) is 55.3 Å². The Morgan fingerprint density at radius 1 is 1.17 bits per heavy atom. The minimum atomic E-state index is -0.222. The van der Waals surface area contributed by atoms with Gasteiger partial charge in [0, 0.05) is 48.5 Å². The molecule has 0 aromatic carbocycles. The largest absolute Gasteiger partial charge is 0.370 e. The van der Waals surface area contributed by atoms with E-state index in [-0.39, 0.29) is 11.4 Å². The summed E-state index contributed by atoms with van der Waals surface area (Å²) in [6.45, 7) is 4.08. The number of piperidine rings is 1. The molecule has 29 heavy (non-hydrogen) atoms. The third kappa shape index (κ3) is 3.34. The molecule has 0 amide bonds. The Labute approximate surface area is 173 Å². The number of pyridine rings is 1. The third-order valence-electron chi connectivity index (χ3n) is 5.87. The SMILES string of the molecule is CC(=O)c1ccc(N2CCC3(CC2)OCCc2sc(-c4cnccn4)cc23)nc1. The number of hydrogen-bond donors (Lipinski definition) is 0.